The van der Waals surface area contributed by atoms with Gasteiger partial charge in [0.25, 0.3) is 0 Å². The number of nitrogens with zero attached hydrogens (tertiary/aromatic N) is 1. The number of hydrogen-bond donors (Lipinski definition) is 2. The molecule has 0 aliphatic heterocycles. The molecule has 0 radical (unpaired) electrons. The Morgan fingerprint density at radius 2 is 1.81 bits per heavy atom. The van der Waals surface area contributed by atoms with Crippen molar-refractivity contribution in [1.29, 1.82) is 0 Å². The van der Waals surface area contributed by atoms with E-state index >= 15 is 0 Å². The number of carboxylic acid groups (broad SMARTS) is 1. The highest BCUT2D eigenvalue weighted by Crippen LogP contribution is 2.27. The zero-order valence-electron chi connectivity index (χ0n) is 13.6. The third-order valence-electron chi connectivity index (χ3n) is 4.66. The van der Waals surface area contributed by atoms with Gasteiger partial charge in [0.05, 0.1) is 0 Å². The number of carbonyl (C=O) groups is 2. The van der Waals surface area contributed by atoms with Crippen LogP contribution in [-0.4, -0.2) is 40.6 Å². The van der Waals surface area contributed by atoms with Crippen molar-refractivity contribution in [2.75, 3.05) is 6.54 Å². The third-order valence-corrected chi connectivity index (χ3v) is 4.66. The van der Waals surface area contributed by atoms with Crippen LogP contribution in [0, 0.1) is 5.92 Å². The van der Waals surface area contributed by atoms with Gasteiger partial charge < -0.3 is 15.3 Å². The van der Waals surface area contributed by atoms with Gasteiger partial charge in [-0.15, -0.1) is 0 Å². The van der Waals surface area contributed by atoms with Gasteiger partial charge in [0, 0.05) is 12.1 Å². The van der Waals surface area contributed by atoms with Crippen LogP contribution in [0.2, 0.25) is 0 Å². The number of aliphatic carboxylic acids is 1. The summed E-state index contributed by atoms with van der Waals surface area (Å²) >= 11 is 0. The van der Waals surface area contributed by atoms with Crippen LogP contribution in [0.4, 0.5) is 4.79 Å². The monoisotopic (exact) mass is 298 g/mol. The first-order valence-electron chi connectivity index (χ1n) is 8.28. The minimum absolute atomic E-state index is 0.0649. The SMILES string of the molecule is CCC(NC(=O)N(CC(=O)O)C(C)CC)C1CCCCC1. The number of carbonyl (C=O) groups excluding carboxylic acids is 1. The third kappa shape index (κ3) is 5.56. The molecule has 2 atom stereocenters. The van der Waals surface area contributed by atoms with E-state index in [4.69, 9.17) is 5.11 Å². The second-order valence-corrected chi connectivity index (χ2v) is 6.14. The molecule has 0 aromatic heterocycles. The van der Waals surface area contributed by atoms with Crippen molar-refractivity contribution in [3.63, 3.8) is 0 Å². The largest absolute Gasteiger partial charge is 0.480 e. The molecule has 2 N–H and O–H groups in total. The summed E-state index contributed by atoms with van der Waals surface area (Å²) in [5.41, 5.74) is 0. The summed E-state index contributed by atoms with van der Waals surface area (Å²) in [6, 6.07) is -0.132. The minimum atomic E-state index is -0.962. The highest BCUT2D eigenvalue weighted by atomic mass is 16.4. The molecule has 1 saturated carbocycles. The summed E-state index contributed by atoms with van der Waals surface area (Å²) in [6.07, 6.45) is 7.75. The Labute approximate surface area is 128 Å². The van der Waals surface area contributed by atoms with Crippen LogP contribution in [0.25, 0.3) is 0 Å². The predicted octanol–water partition coefficient (Wildman–Crippen LogP) is 3.24. The second kappa shape index (κ2) is 8.90. The number of carboxylic acids is 1. The van der Waals surface area contributed by atoms with Crippen LogP contribution in [0.1, 0.15) is 65.7 Å². The number of amides is 2. The van der Waals surface area contributed by atoms with E-state index in [0.29, 0.717) is 5.92 Å². The van der Waals surface area contributed by atoms with Gasteiger partial charge in [0.15, 0.2) is 0 Å². The molecule has 5 heteroatoms. The lowest BCUT2D eigenvalue weighted by Crippen LogP contribution is -2.51. The summed E-state index contributed by atoms with van der Waals surface area (Å²) in [5, 5.41) is 12.1. The summed E-state index contributed by atoms with van der Waals surface area (Å²) in [4.78, 5) is 24.9. The summed E-state index contributed by atoms with van der Waals surface area (Å²) < 4.78 is 0. The van der Waals surface area contributed by atoms with Crippen molar-refractivity contribution in [3.8, 4) is 0 Å². The summed E-state index contributed by atoms with van der Waals surface area (Å²) in [6.45, 7) is 5.71. The van der Waals surface area contributed by atoms with Crippen LogP contribution >= 0.6 is 0 Å². The van der Waals surface area contributed by atoms with Crippen molar-refractivity contribution >= 4 is 12.0 Å². The highest BCUT2D eigenvalue weighted by Gasteiger charge is 2.27. The fourth-order valence-corrected chi connectivity index (χ4v) is 3.13. The molecule has 0 spiro atoms. The van der Waals surface area contributed by atoms with E-state index in [1.807, 2.05) is 13.8 Å². The van der Waals surface area contributed by atoms with E-state index in [0.717, 1.165) is 12.8 Å². The van der Waals surface area contributed by atoms with Gasteiger partial charge in [-0.25, -0.2) is 4.79 Å². The topological polar surface area (TPSA) is 69.6 Å². The number of urea groups is 1. The van der Waals surface area contributed by atoms with Gasteiger partial charge in [-0.3, -0.25) is 4.79 Å². The van der Waals surface area contributed by atoms with Crippen LogP contribution < -0.4 is 5.32 Å². The van der Waals surface area contributed by atoms with Gasteiger partial charge in [-0.2, -0.15) is 0 Å². The van der Waals surface area contributed by atoms with E-state index < -0.39 is 5.97 Å². The fraction of sp³-hybridized carbons (Fsp3) is 0.875. The van der Waals surface area contributed by atoms with Crippen molar-refractivity contribution in [2.45, 2.75) is 77.8 Å². The highest BCUT2D eigenvalue weighted by molar-refractivity contribution is 5.80. The predicted molar refractivity (Wildman–Crippen MR) is 83.3 cm³/mol. The van der Waals surface area contributed by atoms with E-state index in [9.17, 15) is 9.59 Å². The molecule has 0 aromatic rings. The molecule has 1 aliphatic carbocycles. The number of nitrogens with one attached hydrogen (secondary N) is 1. The zero-order chi connectivity index (χ0) is 15.8. The molecule has 0 aromatic carbocycles. The standard InChI is InChI=1S/C16H30N2O3/c1-4-12(3)18(11-15(19)20)16(21)17-14(5-2)13-9-7-6-8-10-13/h12-14H,4-11H2,1-3H3,(H,17,21)(H,19,20). The van der Waals surface area contributed by atoms with Gasteiger partial charge in [0.1, 0.15) is 6.54 Å². The average Bonchev–Trinajstić information content (AvgIpc) is 2.49. The van der Waals surface area contributed by atoms with Crippen molar-refractivity contribution in [3.05, 3.63) is 0 Å². The fourth-order valence-electron chi connectivity index (χ4n) is 3.13. The van der Waals surface area contributed by atoms with Crippen molar-refractivity contribution in [1.82, 2.24) is 10.2 Å². The second-order valence-electron chi connectivity index (χ2n) is 6.14. The molecule has 1 rings (SSSR count). The van der Waals surface area contributed by atoms with Gasteiger partial charge in [0.2, 0.25) is 0 Å². The first-order chi connectivity index (χ1) is 9.99. The maximum Gasteiger partial charge on any atom is 0.323 e. The Morgan fingerprint density at radius 3 is 2.29 bits per heavy atom. The first-order valence-corrected chi connectivity index (χ1v) is 8.28. The average molecular weight is 298 g/mol. The summed E-state index contributed by atoms with van der Waals surface area (Å²) in [7, 11) is 0. The molecule has 2 amide bonds. The van der Waals surface area contributed by atoms with Gasteiger partial charge in [-0.05, 0) is 38.5 Å². The molecule has 21 heavy (non-hydrogen) atoms. The Hall–Kier alpha value is -1.26. The molecule has 1 aliphatic rings. The zero-order valence-corrected chi connectivity index (χ0v) is 13.6. The molecule has 2 unspecified atom stereocenters. The lowest BCUT2D eigenvalue weighted by atomic mass is 9.83. The normalized spacial score (nSPS) is 18.8. The lowest BCUT2D eigenvalue weighted by Gasteiger charge is -2.34. The van der Waals surface area contributed by atoms with E-state index in [1.165, 1.54) is 37.0 Å². The minimum Gasteiger partial charge on any atom is -0.480 e. The molecule has 0 bridgehead atoms. The molecule has 0 heterocycles. The Balaban J connectivity index is 2.66. The van der Waals surface area contributed by atoms with Gasteiger partial charge in [-0.1, -0.05) is 33.1 Å². The van der Waals surface area contributed by atoms with Crippen LogP contribution in [0.3, 0.4) is 0 Å². The molecule has 122 valence electrons. The Morgan fingerprint density at radius 1 is 1.19 bits per heavy atom. The maximum absolute atomic E-state index is 12.4. The van der Waals surface area contributed by atoms with Crippen LogP contribution in [-0.2, 0) is 4.79 Å². The van der Waals surface area contributed by atoms with Crippen LogP contribution in [0.15, 0.2) is 0 Å². The summed E-state index contributed by atoms with van der Waals surface area (Å²) in [5.74, 6) is -0.424. The number of rotatable bonds is 7. The quantitative estimate of drug-likeness (QED) is 0.758. The van der Waals surface area contributed by atoms with E-state index in [2.05, 4.69) is 12.2 Å². The molecular formula is C16H30N2O3. The lowest BCUT2D eigenvalue weighted by molar-refractivity contribution is -0.138. The van der Waals surface area contributed by atoms with Crippen molar-refractivity contribution < 1.29 is 14.7 Å². The molecule has 5 nitrogen and oxygen atoms in total. The smallest absolute Gasteiger partial charge is 0.323 e. The van der Waals surface area contributed by atoms with Crippen LogP contribution in [0.5, 0.6) is 0 Å². The molecule has 1 fully saturated rings. The van der Waals surface area contributed by atoms with E-state index in [-0.39, 0.29) is 24.7 Å². The van der Waals surface area contributed by atoms with E-state index in [1.54, 1.807) is 0 Å². The maximum atomic E-state index is 12.4. The number of hydrogen-bond acceptors (Lipinski definition) is 2. The molecular weight excluding hydrogens is 268 g/mol. The molecule has 0 saturated heterocycles. The first kappa shape index (κ1) is 17.8. The Bertz CT molecular complexity index is 340. The Kier molecular flexibility index (Phi) is 7.54. The van der Waals surface area contributed by atoms with Gasteiger partial charge >= 0.3 is 12.0 Å². The van der Waals surface area contributed by atoms with Crippen molar-refractivity contribution in [2.24, 2.45) is 5.92 Å².